The van der Waals surface area contributed by atoms with Gasteiger partial charge in [-0.25, -0.2) is 4.79 Å². The minimum atomic E-state index is -0.158. The largest absolute Gasteiger partial charge is 0.338 e. The van der Waals surface area contributed by atoms with Crippen molar-refractivity contribution in [2.75, 3.05) is 49.5 Å². The summed E-state index contributed by atoms with van der Waals surface area (Å²) >= 11 is 6.00. The first-order valence-corrected chi connectivity index (χ1v) is 14.0. The van der Waals surface area contributed by atoms with E-state index in [4.69, 9.17) is 11.6 Å². The number of amides is 3. The zero-order valence-corrected chi connectivity index (χ0v) is 23.6. The predicted octanol–water partition coefficient (Wildman–Crippen LogP) is 5.79. The average Bonchev–Trinajstić information content (AvgIpc) is 3.48. The molecule has 2 fully saturated rings. The molecule has 0 aliphatic carbocycles. The molecule has 1 N–H and O–H groups in total. The van der Waals surface area contributed by atoms with Gasteiger partial charge in [0.1, 0.15) is 0 Å². The molecule has 2 unspecified atom stereocenters. The van der Waals surface area contributed by atoms with Crippen molar-refractivity contribution < 1.29 is 9.59 Å². The monoisotopic (exact) mass is 545 g/mol. The molecule has 0 bridgehead atoms. The molecular formula is C31H36ClN5O2. The Morgan fingerprint density at radius 2 is 1.62 bits per heavy atom. The standard InChI is InChI=1S/C31H36ClN5O2/c1-21-5-11-28(12-6-21)37(31(39)34-27-9-7-26(32)8-10-27)16-4-15-35-17-24-19-36(20-25(24)18-35)30(38)29-22(2)13-14-33-23(29)3/h5-14,24-25H,4,15-20H2,1-3H3,(H,34,39). The zero-order chi connectivity index (χ0) is 27.5. The molecule has 5 rings (SSSR count). The Bertz CT molecular complexity index is 1290. The number of aromatic nitrogens is 1. The lowest BCUT2D eigenvalue weighted by Crippen LogP contribution is -2.38. The van der Waals surface area contributed by atoms with E-state index >= 15 is 0 Å². The second-order valence-corrected chi connectivity index (χ2v) is 11.3. The number of rotatable bonds is 7. The van der Waals surface area contributed by atoms with Gasteiger partial charge < -0.3 is 15.1 Å². The summed E-state index contributed by atoms with van der Waals surface area (Å²) in [4.78, 5) is 37.2. The van der Waals surface area contributed by atoms with Crippen LogP contribution in [0.4, 0.5) is 16.2 Å². The lowest BCUT2D eigenvalue weighted by Gasteiger charge is -2.26. The van der Waals surface area contributed by atoms with E-state index in [-0.39, 0.29) is 11.9 Å². The van der Waals surface area contributed by atoms with Crippen LogP contribution in [0.25, 0.3) is 0 Å². The molecule has 0 radical (unpaired) electrons. The van der Waals surface area contributed by atoms with E-state index in [2.05, 4.69) is 15.2 Å². The van der Waals surface area contributed by atoms with Gasteiger partial charge in [0.05, 0.1) is 11.3 Å². The molecule has 204 valence electrons. The number of anilines is 2. The topological polar surface area (TPSA) is 68.8 Å². The molecule has 8 heteroatoms. The van der Waals surface area contributed by atoms with Crippen LogP contribution in [0, 0.1) is 32.6 Å². The normalized spacial score (nSPS) is 18.7. The van der Waals surface area contributed by atoms with Gasteiger partial charge in [0.15, 0.2) is 0 Å². The van der Waals surface area contributed by atoms with Gasteiger partial charge in [0.25, 0.3) is 5.91 Å². The second-order valence-electron chi connectivity index (χ2n) is 10.9. The first-order valence-electron chi connectivity index (χ1n) is 13.6. The number of hydrogen-bond donors (Lipinski definition) is 1. The predicted molar refractivity (Wildman–Crippen MR) is 157 cm³/mol. The number of pyridine rings is 1. The van der Waals surface area contributed by atoms with Crippen molar-refractivity contribution in [3.05, 3.63) is 88.2 Å². The molecule has 3 heterocycles. The van der Waals surface area contributed by atoms with Crippen LogP contribution in [0.5, 0.6) is 0 Å². The number of benzene rings is 2. The molecule has 0 saturated carbocycles. The Morgan fingerprint density at radius 3 is 2.26 bits per heavy atom. The Morgan fingerprint density at radius 1 is 0.949 bits per heavy atom. The van der Waals surface area contributed by atoms with Crippen molar-refractivity contribution in [1.82, 2.24) is 14.8 Å². The van der Waals surface area contributed by atoms with Crippen LogP contribution in [0.3, 0.4) is 0 Å². The quantitative estimate of drug-likeness (QED) is 0.408. The van der Waals surface area contributed by atoms with Crippen LogP contribution in [0.2, 0.25) is 5.02 Å². The van der Waals surface area contributed by atoms with Gasteiger partial charge in [-0.15, -0.1) is 0 Å². The van der Waals surface area contributed by atoms with E-state index in [0.717, 1.165) is 67.2 Å². The zero-order valence-electron chi connectivity index (χ0n) is 22.9. The van der Waals surface area contributed by atoms with Crippen LogP contribution >= 0.6 is 11.6 Å². The summed E-state index contributed by atoms with van der Waals surface area (Å²) in [7, 11) is 0. The molecule has 2 saturated heterocycles. The third-order valence-electron chi connectivity index (χ3n) is 7.95. The SMILES string of the molecule is Cc1ccc(N(CCCN2CC3CN(C(=O)c4c(C)ccnc4C)CC3C2)C(=O)Nc2ccc(Cl)cc2)cc1. The smallest absolute Gasteiger partial charge is 0.326 e. The summed E-state index contributed by atoms with van der Waals surface area (Å²) in [6.07, 6.45) is 2.62. The minimum absolute atomic E-state index is 0.111. The first kappa shape index (κ1) is 27.2. The molecule has 0 spiro atoms. The lowest BCUT2D eigenvalue weighted by atomic mass is 10.0. The van der Waals surface area contributed by atoms with Crippen LogP contribution < -0.4 is 10.2 Å². The summed E-state index contributed by atoms with van der Waals surface area (Å²) < 4.78 is 0. The maximum Gasteiger partial charge on any atom is 0.326 e. The number of urea groups is 1. The first-order chi connectivity index (χ1) is 18.8. The number of fused-ring (bicyclic) bond motifs is 1. The summed E-state index contributed by atoms with van der Waals surface area (Å²) in [6, 6.07) is 17.0. The lowest BCUT2D eigenvalue weighted by molar-refractivity contribution is 0.0772. The number of carbonyl (C=O) groups is 2. The molecule has 3 aromatic rings. The number of hydrogen-bond acceptors (Lipinski definition) is 4. The summed E-state index contributed by atoms with van der Waals surface area (Å²) in [6.45, 7) is 11.0. The fraction of sp³-hybridized carbons (Fsp3) is 0.387. The van der Waals surface area contributed by atoms with Gasteiger partial charge in [-0.1, -0.05) is 29.3 Å². The third kappa shape index (κ3) is 6.26. The minimum Gasteiger partial charge on any atom is -0.338 e. The van der Waals surface area contributed by atoms with Crippen molar-refractivity contribution in [1.29, 1.82) is 0 Å². The van der Waals surface area contributed by atoms with Gasteiger partial charge in [-0.05, 0) is 93.6 Å². The second kappa shape index (κ2) is 11.8. The summed E-state index contributed by atoms with van der Waals surface area (Å²) in [5.74, 6) is 1.10. The maximum absolute atomic E-state index is 13.3. The molecule has 2 aromatic carbocycles. The van der Waals surface area contributed by atoms with E-state index in [0.29, 0.717) is 29.1 Å². The highest BCUT2D eigenvalue weighted by Gasteiger charge is 2.41. The van der Waals surface area contributed by atoms with Crippen LogP contribution in [0.1, 0.15) is 33.6 Å². The van der Waals surface area contributed by atoms with E-state index in [1.54, 1.807) is 18.3 Å². The van der Waals surface area contributed by atoms with Crippen molar-refractivity contribution >= 4 is 34.9 Å². The molecule has 2 atom stereocenters. The molecular weight excluding hydrogens is 510 g/mol. The van der Waals surface area contributed by atoms with Crippen LogP contribution in [0.15, 0.2) is 60.8 Å². The number of carbonyl (C=O) groups excluding carboxylic acids is 2. The molecule has 7 nitrogen and oxygen atoms in total. The Labute approximate surface area is 235 Å². The van der Waals surface area contributed by atoms with Crippen molar-refractivity contribution in [3.8, 4) is 0 Å². The number of halogens is 1. The molecule has 2 aliphatic heterocycles. The van der Waals surface area contributed by atoms with E-state index in [1.807, 2.05) is 73.0 Å². The van der Waals surface area contributed by atoms with Gasteiger partial charge >= 0.3 is 6.03 Å². The van der Waals surface area contributed by atoms with Crippen molar-refractivity contribution in [3.63, 3.8) is 0 Å². The maximum atomic E-state index is 13.3. The highest BCUT2D eigenvalue weighted by molar-refractivity contribution is 6.30. The van der Waals surface area contributed by atoms with Crippen molar-refractivity contribution in [2.24, 2.45) is 11.8 Å². The highest BCUT2D eigenvalue weighted by Crippen LogP contribution is 2.32. The summed E-state index contributed by atoms with van der Waals surface area (Å²) in [5.41, 5.74) is 5.29. The third-order valence-corrected chi connectivity index (χ3v) is 8.21. The average molecular weight is 546 g/mol. The van der Waals surface area contributed by atoms with Gasteiger partial charge in [-0.3, -0.25) is 14.7 Å². The number of likely N-dealkylation sites (tertiary alicyclic amines) is 2. The number of nitrogens with zero attached hydrogens (tertiary/aromatic N) is 4. The van der Waals surface area contributed by atoms with Gasteiger partial charge in [0, 0.05) is 55.3 Å². The van der Waals surface area contributed by atoms with Gasteiger partial charge in [0.2, 0.25) is 0 Å². The van der Waals surface area contributed by atoms with E-state index in [1.165, 1.54) is 0 Å². The van der Waals surface area contributed by atoms with Gasteiger partial charge in [-0.2, -0.15) is 0 Å². The van der Waals surface area contributed by atoms with E-state index in [9.17, 15) is 9.59 Å². The molecule has 3 amide bonds. The molecule has 1 aromatic heterocycles. The van der Waals surface area contributed by atoms with Crippen molar-refractivity contribution in [2.45, 2.75) is 27.2 Å². The molecule has 2 aliphatic rings. The summed E-state index contributed by atoms with van der Waals surface area (Å²) in [5, 5.41) is 3.64. The highest BCUT2D eigenvalue weighted by atomic mass is 35.5. The fourth-order valence-electron chi connectivity index (χ4n) is 5.86. The van der Waals surface area contributed by atoms with Crippen LogP contribution in [-0.4, -0.2) is 66.0 Å². The Hall–Kier alpha value is -3.42. The fourth-order valence-corrected chi connectivity index (χ4v) is 5.99. The Balaban J connectivity index is 1.16. The van der Waals surface area contributed by atoms with Crippen LogP contribution in [-0.2, 0) is 0 Å². The Kier molecular flexibility index (Phi) is 8.19. The molecule has 39 heavy (non-hydrogen) atoms. The number of aryl methyl sites for hydroxylation is 3. The number of nitrogens with one attached hydrogen (secondary N) is 1. The van der Waals surface area contributed by atoms with E-state index < -0.39 is 0 Å².